The molecule has 6 rings (SSSR count). The summed E-state index contributed by atoms with van der Waals surface area (Å²) >= 11 is 0. The molecule has 0 unspecified atom stereocenters. The fourth-order valence-electron chi connectivity index (χ4n) is 8.61. The molecule has 8 atom stereocenters. The molecule has 2 aromatic rings. The van der Waals surface area contributed by atoms with E-state index in [1.807, 2.05) is 6.07 Å². The lowest BCUT2D eigenvalue weighted by Gasteiger charge is -2.70. The van der Waals surface area contributed by atoms with Crippen molar-refractivity contribution in [2.24, 2.45) is 11.3 Å². The summed E-state index contributed by atoms with van der Waals surface area (Å²) in [4.78, 5) is 3.71. The van der Waals surface area contributed by atoms with Crippen molar-refractivity contribution in [1.82, 2.24) is 4.98 Å². The first kappa shape index (κ1) is 22.1. The van der Waals surface area contributed by atoms with Crippen molar-refractivity contribution >= 4 is 10.9 Å². The molecule has 5 N–H and O–H groups in total. The van der Waals surface area contributed by atoms with E-state index in [9.17, 15) is 20.4 Å². The van der Waals surface area contributed by atoms with Gasteiger partial charge in [0.05, 0.1) is 17.8 Å². The molecule has 0 radical (unpaired) electrons. The lowest BCUT2D eigenvalue weighted by atomic mass is 9.40. The lowest BCUT2D eigenvalue weighted by Crippen LogP contribution is -2.80. The average molecular weight is 456 g/mol. The van der Waals surface area contributed by atoms with Crippen LogP contribution in [0.25, 0.3) is 10.9 Å². The maximum absolute atomic E-state index is 12.5. The Morgan fingerprint density at radius 2 is 1.82 bits per heavy atom. The summed E-state index contributed by atoms with van der Waals surface area (Å²) in [5, 5.41) is 47.4. The van der Waals surface area contributed by atoms with Gasteiger partial charge in [0.2, 0.25) is 0 Å². The molecule has 1 saturated heterocycles. The van der Waals surface area contributed by atoms with Gasteiger partial charge in [-0.25, -0.2) is 0 Å². The number of H-pyrrole nitrogens is 1. The van der Waals surface area contributed by atoms with Gasteiger partial charge in [0, 0.05) is 33.8 Å². The molecular formula is C27H37NO5. The molecule has 3 fully saturated rings. The highest BCUT2D eigenvalue weighted by atomic mass is 16.5. The van der Waals surface area contributed by atoms with Crippen LogP contribution in [0.5, 0.6) is 0 Å². The number of ether oxygens (including phenoxy) is 1. The largest absolute Gasteiger partial charge is 0.390 e. The Morgan fingerprint density at radius 1 is 1.09 bits per heavy atom. The second kappa shape index (κ2) is 6.41. The van der Waals surface area contributed by atoms with Crippen molar-refractivity contribution in [3.8, 4) is 0 Å². The predicted octanol–water partition coefficient (Wildman–Crippen LogP) is 2.94. The number of para-hydroxylation sites is 1. The number of aliphatic hydroxyl groups excluding tert-OH is 1. The van der Waals surface area contributed by atoms with E-state index in [-0.39, 0.29) is 11.8 Å². The van der Waals surface area contributed by atoms with Gasteiger partial charge in [0.15, 0.2) is 0 Å². The molecule has 0 bridgehead atoms. The van der Waals surface area contributed by atoms with Crippen LogP contribution in [0, 0.1) is 11.3 Å². The molecule has 2 heterocycles. The van der Waals surface area contributed by atoms with Crippen LogP contribution in [0.4, 0.5) is 0 Å². The highest BCUT2D eigenvalue weighted by Gasteiger charge is 2.76. The van der Waals surface area contributed by atoms with E-state index < -0.39 is 40.5 Å². The van der Waals surface area contributed by atoms with Gasteiger partial charge in [-0.05, 0) is 63.5 Å². The Balaban J connectivity index is 1.48. The quantitative estimate of drug-likeness (QED) is 0.455. The molecule has 4 aliphatic rings. The van der Waals surface area contributed by atoms with Gasteiger partial charge in [-0.15, -0.1) is 0 Å². The van der Waals surface area contributed by atoms with E-state index in [4.69, 9.17) is 4.74 Å². The van der Waals surface area contributed by atoms with Crippen molar-refractivity contribution in [2.75, 3.05) is 0 Å². The van der Waals surface area contributed by atoms with Gasteiger partial charge >= 0.3 is 0 Å². The molecule has 2 saturated carbocycles. The molecular weight excluding hydrogens is 418 g/mol. The Hall–Kier alpha value is -1.44. The van der Waals surface area contributed by atoms with Crippen molar-refractivity contribution in [3.05, 3.63) is 35.5 Å². The average Bonchev–Trinajstić information content (AvgIpc) is 3.24. The Kier molecular flexibility index (Phi) is 4.28. The first-order valence-corrected chi connectivity index (χ1v) is 12.5. The van der Waals surface area contributed by atoms with E-state index in [0.717, 1.165) is 18.4 Å². The van der Waals surface area contributed by atoms with E-state index in [1.165, 1.54) is 16.6 Å². The zero-order chi connectivity index (χ0) is 23.6. The number of hydrogen-bond acceptors (Lipinski definition) is 5. The zero-order valence-electron chi connectivity index (χ0n) is 20.1. The van der Waals surface area contributed by atoms with E-state index in [0.29, 0.717) is 25.2 Å². The number of nitrogens with one attached hydrogen (secondary N) is 1. The number of benzene rings is 1. The lowest BCUT2D eigenvalue weighted by molar-refractivity contribution is -0.356. The Labute approximate surface area is 195 Å². The van der Waals surface area contributed by atoms with Crippen LogP contribution in [0.15, 0.2) is 24.3 Å². The molecule has 0 amide bonds. The first-order chi connectivity index (χ1) is 15.4. The highest BCUT2D eigenvalue weighted by molar-refractivity contribution is 5.86. The summed E-state index contributed by atoms with van der Waals surface area (Å²) in [7, 11) is 0. The van der Waals surface area contributed by atoms with Gasteiger partial charge in [-0.3, -0.25) is 0 Å². The molecule has 3 aliphatic carbocycles. The fourth-order valence-corrected chi connectivity index (χ4v) is 8.61. The first-order valence-electron chi connectivity index (χ1n) is 12.5. The molecule has 0 spiro atoms. The van der Waals surface area contributed by atoms with Crippen LogP contribution in [0.3, 0.4) is 0 Å². The molecule has 6 nitrogen and oxygen atoms in total. The zero-order valence-corrected chi connectivity index (χ0v) is 20.1. The van der Waals surface area contributed by atoms with Gasteiger partial charge in [-0.2, -0.15) is 0 Å². The third-order valence-corrected chi connectivity index (χ3v) is 10.5. The van der Waals surface area contributed by atoms with E-state index in [1.54, 1.807) is 13.8 Å². The summed E-state index contributed by atoms with van der Waals surface area (Å²) in [6.07, 6.45) is 1.05. The molecule has 180 valence electrons. The number of hydrogen-bond donors (Lipinski definition) is 5. The van der Waals surface area contributed by atoms with Crippen molar-refractivity contribution < 1.29 is 25.2 Å². The topological polar surface area (TPSA) is 106 Å². The number of aliphatic hydroxyl groups is 4. The fraction of sp³-hybridized carbons (Fsp3) is 0.704. The molecule has 6 heteroatoms. The monoisotopic (exact) mass is 455 g/mol. The number of fused-ring (bicyclic) bond motifs is 9. The summed E-state index contributed by atoms with van der Waals surface area (Å²) in [5.74, 6) is 0.382. The summed E-state index contributed by atoms with van der Waals surface area (Å²) in [5.41, 5.74) is -1.52. The van der Waals surface area contributed by atoms with E-state index in [2.05, 4.69) is 37.0 Å². The van der Waals surface area contributed by atoms with E-state index >= 15 is 0 Å². The highest BCUT2D eigenvalue weighted by Crippen LogP contribution is 2.70. The van der Waals surface area contributed by atoms with Crippen LogP contribution in [0.1, 0.15) is 71.1 Å². The Morgan fingerprint density at radius 3 is 2.55 bits per heavy atom. The van der Waals surface area contributed by atoms with Crippen molar-refractivity contribution in [2.45, 2.75) is 107 Å². The third-order valence-electron chi connectivity index (χ3n) is 10.5. The number of aromatic amines is 1. The van der Waals surface area contributed by atoms with Crippen LogP contribution < -0.4 is 0 Å². The van der Waals surface area contributed by atoms with Crippen molar-refractivity contribution in [3.63, 3.8) is 0 Å². The third kappa shape index (κ3) is 2.42. The summed E-state index contributed by atoms with van der Waals surface area (Å²) in [6.45, 7) is 7.65. The van der Waals surface area contributed by atoms with Crippen LogP contribution >= 0.6 is 0 Å². The normalized spacial score (nSPS) is 47.0. The van der Waals surface area contributed by atoms with Crippen molar-refractivity contribution in [1.29, 1.82) is 0 Å². The van der Waals surface area contributed by atoms with Gasteiger partial charge < -0.3 is 30.1 Å². The maximum Gasteiger partial charge on any atom is 0.122 e. The summed E-state index contributed by atoms with van der Waals surface area (Å²) in [6, 6.07) is 8.40. The Bertz CT molecular complexity index is 1120. The smallest absolute Gasteiger partial charge is 0.122 e. The van der Waals surface area contributed by atoms with Gasteiger partial charge in [0.25, 0.3) is 0 Å². The second-order valence-electron chi connectivity index (χ2n) is 12.3. The van der Waals surface area contributed by atoms with Gasteiger partial charge in [0.1, 0.15) is 17.3 Å². The molecule has 1 aromatic carbocycles. The minimum Gasteiger partial charge on any atom is -0.390 e. The number of rotatable bonds is 1. The summed E-state index contributed by atoms with van der Waals surface area (Å²) < 4.78 is 6.17. The van der Waals surface area contributed by atoms with Gasteiger partial charge in [-0.1, -0.05) is 32.0 Å². The van der Waals surface area contributed by atoms with Crippen LogP contribution in [0.2, 0.25) is 0 Å². The van der Waals surface area contributed by atoms with Crippen LogP contribution in [-0.4, -0.2) is 60.5 Å². The second-order valence-corrected chi connectivity index (χ2v) is 12.3. The molecule has 1 aromatic heterocycles. The molecule has 1 aliphatic heterocycles. The minimum absolute atomic E-state index is 0.00127. The molecule has 33 heavy (non-hydrogen) atoms. The maximum atomic E-state index is 12.5. The number of aromatic nitrogens is 1. The van der Waals surface area contributed by atoms with Crippen LogP contribution in [-0.2, 0) is 16.6 Å². The standard InChI is InChI=1S/C27H37NO5/c1-23(2,30)22-19(29)14-26(31)20(33-22)10-11-24(3)25(4)15(9-12-27(24,26)32)13-17-16-7-5-6-8-18(16)28-21(17)25/h5-8,15,19-20,22,28-32H,9-14H2,1-4H3/t15-,19-,20-,22-,24+,25+,26+,27-/m0/s1. The minimum atomic E-state index is -1.58. The SMILES string of the molecule is CC(C)(O)[C@H]1O[C@H]2CC[C@@]3(C)[C@@](O)(CC[C@H]4Cc5c([nH]c6ccccc56)[C@@]43C)[C@@]2(O)C[C@@H]1O. The predicted molar refractivity (Wildman–Crippen MR) is 125 cm³/mol.